The zero-order valence-electron chi connectivity index (χ0n) is 10.9. The Balaban J connectivity index is 2.19. The molecule has 0 amide bonds. The van der Waals surface area contributed by atoms with Gasteiger partial charge in [-0.1, -0.05) is 17.7 Å². The molecule has 2 heterocycles. The van der Waals surface area contributed by atoms with Crippen molar-refractivity contribution in [2.45, 2.75) is 32.4 Å². The number of nitrogens with two attached hydrogens (primary N) is 1. The van der Waals surface area contributed by atoms with Crippen molar-refractivity contribution in [3.8, 4) is 0 Å². The maximum atomic E-state index is 5.78. The largest absolute Gasteiger partial charge is 0.271 e. The summed E-state index contributed by atoms with van der Waals surface area (Å²) in [5.74, 6) is 6.50. The molecule has 2 rings (SSSR count). The third-order valence-electron chi connectivity index (χ3n) is 2.88. The quantitative estimate of drug-likeness (QED) is 0.494. The predicted octanol–water partition coefficient (Wildman–Crippen LogP) is 1.65. The fourth-order valence-electron chi connectivity index (χ4n) is 1.90. The van der Waals surface area contributed by atoms with Gasteiger partial charge in [-0.25, -0.2) is 14.6 Å². The van der Waals surface area contributed by atoms with Crippen LogP contribution in [0.1, 0.15) is 37.3 Å². The molecule has 6 nitrogen and oxygen atoms in total. The van der Waals surface area contributed by atoms with E-state index in [2.05, 4.69) is 34.3 Å². The van der Waals surface area contributed by atoms with Gasteiger partial charge in [0.05, 0.1) is 6.04 Å². The Morgan fingerprint density at radius 2 is 2.16 bits per heavy atom. The standard InChI is InChI=1S/C12H17ClN6/c1-8(2)19-12(16-7-17-19)5-10(18-14)9-3-4-11(13)15-6-9/h3-4,6-8,10,18H,5,14H2,1-2H3. The van der Waals surface area contributed by atoms with E-state index in [1.54, 1.807) is 18.6 Å². The molecule has 0 aliphatic heterocycles. The molecule has 0 aliphatic rings. The highest BCUT2D eigenvalue weighted by molar-refractivity contribution is 6.29. The van der Waals surface area contributed by atoms with Crippen LogP contribution in [0.5, 0.6) is 0 Å². The van der Waals surface area contributed by atoms with Gasteiger partial charge in [-0.3, -0.25) is 11.3 Å². The highest BCUT2D eigenvalue weighted by Gasteiger charge is 2.16. The van der Waals surface area contributed by atoms with Crippen molar-refractivity contribution in [1.29, 1.82) is 0 Å². The molecule has 0 spiro atoms. The van der Waals surface area contributed by atoms with Crippen molar-refractivity contribution in [3.05, 3.63) is 41.2 Å². The third kappa shape index (κ3) is 3.28. The van der Waals surface area contributed by atoms with E-state index in [-0.39, 0.29) is 12.1 Å². The van der Waals surface area contributed by atoms with E-state index in [0.717, 1.165) is 11.4 Å². The molecule has 19 heavy (non-hydrogen) atoms. The van der Waals surface area contributed by atoms with E-state index in [1.165, 1.54) is 0 Å². The minimum absolute atomic E-state index is 0.0773. The van der Waals surface area contributed by atoms with Crippen LogP contribution >= 0.6 is 11.6 Å². The lowest BCUT2D eigenvalue weighted by Crippen LogP contribution is -2.30. The van der Waals surface area contributed by atoms with Crippen molar-refractivity contribution in [1.82, 2.24) is 25.2 Å². The van der Waals surface area contributed by atoms with Gasteiger partial charge in [0.25, 0.3) is 0 Å². The average molecular weight is 281 g/mol. The van der Waals surface area contributed by atoms with Crippen LogP contribution in [0, 0.1) is 0 Å². The lowest BCUT2D eigenvalue weighted by atomic mass is 10.1. The van der Waals surface area contributed by atoms with Crippen LogP contribution in [-0.2, 0) is 6.42 Å². The lowest BCUT2D eigenvalue weighted by molar-refractivity contribution is 0.468. The Bertz CT molecular complexity index is 521. The molecule has 0 fully saturated rings. The molecule has 2 aromatic heterocycles. The molecule has 102 valence electrons. The topological polar surface area (TPSA) is 81.7 Å². The summed E-state index contributed by atoms with van der Waals surface area (Å²) in [6.07, 6.45) is 3.91. The van der Waals surface area contributed by atoms with E-state index >= 15 is 0 Å². The van der Waals surface area contributed by atoms with Gasteiger partial charge in [0, 0.05) is 18.7 Å². The van der Waals surface area contributed by atoms with E-state index in [0.29, 0.717) is 11.6 Å². The Hall–Kier alpha value is -1.50. The first-order valence-electron chi connectivity index (χ1n) is 6.07. The minimum Gasteiger partial charge on any atom is -0.271 e. The fourth-order valence-corrected chi connectivity index (χ4v) is 2.01. The first kappa shape index (κ1) is 13.9. The number of hydrogen-bond acceptors (Lipinski definition) is 5. The number of rotatable bonds is 5. The number of aromatic nitrogens is 4. The number of hydrogen-bond donors (Lipinski definition) is 2. The minimum atomic E-state index is -0.0773. The summed E-state index contributed by atoms with van der Waals surface area (Å²) >= 11 is 5.78. The van der Waals surface area contributed by atoms with E-state index in [9.17, 15) is 0 Å². The van der Waals surface area contributed by atoms with Gasteiger partial charge in [-0.2, -0.15) is 5.10 Å². The number of nitrogens with one attached hydrogen (secondary N) is 1. The SMILES string of the molecule is CC(C)n1ncnc1CC(NN)c1ccc(Cl)nc1. The zero-order valence-corrected chi connectivity index (χ0v) is 11.7. The summed E-state index contributed by atoms with van der Waals surface area (Å²) in [4.78, 5) is 8.34. The molecule has 0 bridgehead atoms. The van der Waals surface area contributed by atoms with Crippen molar-refractivity contribution >= 4 is 11.6 Å². The van der Waals surface area contributed by atoms with Gasteiger partial charge in [0.15, 0.2) is 0 Å². The number of hydrazine groups is 1. The maximum Gasteiger partial charge on any atom is 0.138 e. The summed E-state index contributed by atoms with van der Waals surface area (Å²) in [6, 6.07) is 3.83. The summed E-state index contributed by atoms with van der Waals surface area (Å²) in [5.41, 5.74) is 3.74. The molecular weight excluding hydrogens is 264 g/mol. The van der Waals surface area contributed by atoms with Gasteiger partial charge >= 0.3 is 0 Å². The van der Waals surface area contributed by atoms with E-state index < -0.39 is 0 Å². The average Bonchev–Trinajstić information content (AvgIpc) is 2.85. The Labute approximate surface area is 117 Å². The molecule has 1 unspecified atom stereocenters. The van der Waals surface area contributed by atoms with Crippen LogP contribution in [0.3, 0.4) is 0 Å². The number of pyridine rings is 1. The van der Waals surface area contributed by atoms with Gasteiger partial charge in [0.1, 0.15) is 17.3 Å². The second kappa shape index (κ2) is 6.10. The van der Waals surface area contributed by atoms with Crippen molar-refractivity contribution in [2.24, 2.45) is 5.84 Å². The molecule has 0 saturated heterocycles. The lowest BCUT2D eigenvalue weighted by Gasteiger charge is -2.17. The fraction of sp³-hybridized carbons (Fsp3) is 0.417. The molecule has 2 aromatic rings. The Morgan fingerprint density at radius 3 is 2.74 bits per heavy atom. The van der Waals surface area contributed by atoms with Crippen molar-refractivity contribution < 1.29 is 0 Å². The van der Waals surface area contributed by atoms with Crippen molar-refractivity contribution in [3.63, 3.8) is 0 Å². The molecule has 3 N–H and O–H groups in total. The van der Waals surface area contributed by atoms with Crippen LogP contribution in [0.4, 0.5) is 0 Å². The predicted molar refractivity (Wildman–Crippen MR) is 73.4 cm³/mol. The monoisotopic (exact) mass is 280 g/mol. The van der Waals surface area contributed by atoms with Crippen LogP contribution in [0.15, 0.2) is 24.7 Å². The molecule has 1 atom stereocenters. The first-order chi connectivity index (χ1) is 9.11. The third-order valence-corrected chi connectivity index (χ3v) is 3.10. The van der Waals surface area contributed by atoms with Crippen LogP contribution in [-0.4, -0.2) is 19.7 Å². The molecule has 0 radical (unpaired) electrons. The highest BCUT2D eigenvalue weighted by Crippen LogP contribution is 2.18. The number of halogens is 1. The zero-order chi connectivity index (χ0) is 13.8. The first-order valence-corrected chi connectivity index (χ1v) is 6.45. The van der Waals surface area contributed by atoms with Gasteiger partial charge < -0.3 is 0 Å². The summed E-state index contributed by atoms with van der Waals surface area (Å²) in [5, 5.41) is 4.67. The summed E-state index contributed by atoms with van der Waals surface area (Å²) < 4.78 is 1.88. The van der Waals surface area contributed by atoms with Crippen LogP contribution in [0.25, 0.3) is 0 Å². The van der Waals surface area contributed by atoms with Gasteiger partial charge in [0.2, 0.25) is 0 Å². The second-order valence-corrected chi connectivity index (χ2v) is 4.94. The van der Waals surface area contributed by atoms with Crippen LogP contribution in [0.2, 0.25) is 5.15 Å². The summed E-state index contributed by atoms with van der Waals surface area (Å²) in [6.45, 7) is 4.12. The smallest absolute Gasteiger partial charge is 0.138 e. The molecule has 7 heteroatoms. The molecule has 0 aliphatic carbocycles. The number of nitrogens with zero attached hydrogens (tertiary/aromatic N) is 4. The second-order valence-electron chi connectivity index (χ2n) is 4.55. The van der Waals surface area contributed by atoms with Gasteiger partial charge in [-0.05, 0) is 25.5 Å². The van der Waals surface area contributed by atoms with E-state index in [4.69, 9.17) is 17.4 Å². The summed E-state index contributed by atoms with van der Waals surface area (Å²) in [7, 11) is 0. The Kier molecular flexibility index (Phi) is 4.47. The molecular formula is C12H17ClN6. The van der Waals surface area contributed by atoms with E-state index in [1.807, 2.05) is 10.7 Å². The van der Waals surface area contributed by atoms with Crippen LogP contribution < -0.4 is 11.3 Å². The molecule has 0 aromatic carbocycles. The maximum absolute atomic E-state index is 5.78. The van der Waals surface area contributed by atoms with Crippen molar-refractivity contribution in [2.75, 3.05) is 0 Å². The Morgan fingerprint density at radius 1 is 1.37 bits per heavy atom. The highest BCUT2D eigenvalue weighted by atomic mass is 35.5. The normalized spacial score (nSPS) is 12.9. The van der Waals surface area contributed by atoms with Gasteiger partial charge in [-0.15, -0.1) is 0 Å². The molecule has 0 saturated carbocycles.